The minimum atomic E-state index is -0.0717. The van der Waals surface area contributed by atoms with Crippen molar-refractivity contribution in [3.63, 3.8) is 0 Å². The van der Waals surface area contributed by atoms with E-state index in [0.29, 0.717) is 16.6 Å². The molecular formula is C17H19ClN2O. The molecule has 0 aromatic heterocycles. The first-order chi connectivity index (χ1) is 10.1. The van der Waals surface area contributed by atoms with E-state index < -0.39 is 0 Å². The predicted molar refractivity (Wildman–Crippen MR) is 87.8 cm³/mol. The predicted octanol–water partition coefficient (Wildman–Crippen LogP) is 3.67. The minimum absolute atomic E-state index is 0.0717. The lowest BCUT2D eigenvalue weighted by atomic mass is 10.0. The van der Waals surface area contributed by atoms with E-state index in [-0.39, 0.29) is 12.5 Å². The molecule has 0 saturated carbocycles. The van der Waals surface area contributed by atoms with Crippen molar-refractivity contribution in [2.45, 2.75) is 12.8 Å². The van der Waals surface area contributed by atoms with Crippen molar-refractivity contribution in [3.8, 4) is 0 Å². The SMILES string of the molecule is CC(CNCC(=O)Nc1cccc(Cl)c1)c1ccccc1. The summed E-state index contributed by atoms with van der Waals surface area (Å²) in [5, 5.41) is 6.59. The van der Waals surface area contributed by atoms with Gasteiger partial charge in [0, 0.05) is 17.3 Å². The van der Waals surface area contributed by atoms with Gasteiger partial charge in [0.15, 0.2) is 0 Å². The lowest BCUT2D eigenvalue weighted by Gasteiger charge is -2.13. The van der Waals surface area contributed by atoms with Gasteiger partial charge < -0.3 is 10.6 Å². The van der Waals surface area contributed by atoms with Crippen molar-refractivity contribution < 1.29 is 4.79 Å². The molecule has 1 unspecified atom stereocenters. The number of halogens is 1. The van der Waals surface area contributed by atoms with Crippen molar-refractivity contribution in [2.24, 2.45) is 0 Å². The van der Waals surface area contributed by atoms with Crippen molar-refractivity contribution >= 4 is 23.2 Å². The molecule has 1 amide bonds. The maximum atomic E-state index is 11.8. The van der Waals surface area contributed by atoms with Crippen LogP contribution >= 0.6 is 11.6 Å². The highest BCUT2D eigenvalue weighted by Gasteiger charge is 2.06. The molecule has 0 fully saturated rings. The van der Waals surface area contributed by atoms with Crippen LogP contribution in [0.4, 0.5) is 5.69 Å². The second kappa shape index (κ2) is 7.81. The van der Waals surface area contributed by atoms with Crippen LogP contribution in [0.25, 0.3) is 0 Å². The Labute approximate surface area is 130 Å². The Bertz CT molecular complexity index is 586. The molecular weight excluding hydrogens is 284 g/mol. The van der Waals surface area contributed by atoms with Gasteiger partial charge in [0.2, 0.25) is 5.91 Å². The number of benzene rings is 2. The minimum Gasteiger partial charge on any atom is -0.325 e. The van der Waals surface area contributed by atoms with Gasteiger partial charge >= 0.3 is 0 Å². The molecule has 4 heteroatoms. The van der Waals surface area contributed by atoms with E-state index in [0.717, 1.165) is 6.54 Å². The van der Waals surface area contributed by atoms with Gasteiger partial charge in [-0.25, -0.2) is 0 Å². The summed E-state index contributed by atoms with van der Waals surface area (Å²) in [6, 6.07) is 17.4. The number of carbonyl (C=O) groups is 1. The molecule has 0 radical (unpaired) electrons. The van der Waals surface area contributed by atoms with Crippen LogP contribution in [0.2, 0.25) is 5.02 Å². The molecule has 0 aliphatic rings. The lowest BCUT2D eigenvalue weighted by molar-refractivity contribution is -0.115. The highest BCUT2D eigenvalue weighted by molar-refractivity contribution is 6.30. The van der Waals surface area contributed by atoms with E-state index in [1.165, 1.54) is 5.56 Å². The van der Waals surface area contributed by atoms with Crippen LogP contribution < -0.4 is 10.6 Å². The summed E-state index contributed by atoms with van der Waals surface area (Å²) in [5.74, 6) is 0.294. The molecule has 2 rings (SSSR count). The van der Waals surface area contributed by atoms with E-state index in [2.05, 4.69) is 29.7 Å². The van der Waals surface area contributed by atoms with Crippen molar-refractivity contribution in [1.29, 1.82) is 0 Å². The number of nitrogens with one attached hydrogen (secondary N) is 2. The molecule has 2 N–H and O–H groups in total. The fraction of sp³-hybridized carbons (Fsp3) is 0.235. The molecule has 21 heavy (non-hydrogen) atoms. The second-order valence-electron chi connectivity index (χ2n) is 5.00. The molecule has 0 saturated heterocycles. The molecule has 0 heterocycles. The van der Waals surface area contributed by atoms with E-state index in [4.69, 9.17) is 11.6 Å². The quantitative estimate of drug-likeness (QED) is 0.855. The van der Waals surface area contributed by atoms with Crippen LogP contribution in [0.15, 0.2) is 54.6 Å². The average Bonchev–Trinajstić information content (AvgIpc) is 2.48. The topological polar surface area (TPSA) is 41.1 Å². The van der Waals surface area contributed by atoms with Gasteiger partial charge in [0.25, 0.3) is 0 Å². The summed E-state index contributed by atoms with van der Waals surface area (Å²) in [6.07, 6.45) is 0. The monoisotopic (exact) mass is 302 g/mol. The van der Waals surface area contributed by atoms with Gasteiger partial charge in [-0.05, 0) is 29.7 Å². The standard InChI is InChI=1S/C17H19ClN2O/c1-13(14-6-3-2-4-7-14)11-19-12-17(21)20-16-9-5-8-15(18)10-16/h2-10,13,19H,11-12H2,1H3,(H,20,21). The number of rotatable bonds is 6. The highest BCUT2D eigenvalue weighted by atomic mass is 35.5. The molecule has 0 aliphatic carbocycles. The van der Waals surface area contributed by atoms with E-state index in [1.54, 1.807) is 12.1 Å². The molecule has 110 valence electrons. The number of anilines is 1. The largest absolute Gasteiger partial charge is 0.325 e. The summed E-state index contributed by atoms with van der Waals surface area (Å²) in [5.41, 5.74) is 1.98. The zero-order chi connectivity index (χ0) is 15.1. The van der Waals surface area contributed by atoms with Crippen molar-refractivity contribution in [2.75, 3.05) is 18.4 Å². The molecule has 0 spiro atoms. The highest BCUT2D eigenvalue weighted by Crippen LogP contribution is 2.15. The number of hydrogen-bond donors (Lipinski definition) is 2. The first kappa shape index (κ1) is 15.5. The van der Waals surface area contributed by atoms with E-state index >= 15 is 0 Å². The zero-order valence-corrected chi connectivity index (χ0v) is 12.7. The molecule has 2 aromatic rings. The van der Waals surface area contributed by atoms with Crippen LogP contribution in [-0.4, -0.2) is 19.0 Å². The summed E-state index contributed by atoms with van der Waals surface area (Å²) < 4.78 is 0. The van der Waals surface area contributed by atoms with Crippen LogP contribution in [0.5, 0.6) is 0 Å². The van der Waals surface area contributed by atoms with Crippen LogP contribution in [0.1, 0.15) is 18.4 Å². The van der Waals surface area contributed by atoms with Gasteiger partial charge in [0.1, 0.15) is 0 Å². The Morgan fingerprint density at radius 3 is 2.62 bits per heavy atom. The molecule has 3 nitrogen and oxygen atoms in total. The van der Waals surface area contributed by atoms with Gasteiger partial charge in [-0.1, -0.05) is 54.9 Å². The number of amides is 1. The number of carbonyl (C=O) groups excluding carboxylic acids is 1. The molecule has 2 aromatic carbocycles. The zero-order valence-electron chi connectivity index (χ0n) is 12.0. The van der Waals surface area contributed by atoms with Gasteiger partial charge in [-0.15, -0.1) is 0 Å². The van der Waals surface area contributed by atoms with Crippen LogP contribution in [-0.2, 0) is 4.79 Å². The average molecular weight is 303 g/mol. The van der Waals surface area contributed by atoms with Crippen molar-refractivity contribution in [3.05, 3.63) is 65.2 Å². The van der Waals surface area contributed by atoms with E-state index in [9.17, 15) is 4.79 Å². The second-order valence-corrected chi connectivity index (χ2v) is 5.44. The van der Waals surface area contributed by atoms with Gasteiger partial charge in [0.05, 0.1) is 6.54 Å². The normalized spacial score (nSPS) is 11.9. The summed E-state index contributed by atoms with van der Waals surface area (Å²) >= 11 is 5.88. The van der Waals surface area contributed by atoms with E-state index in [1.807, 2.05) is 30.3 Å². The molecule has 0 bridgehead atoms. The number of hydrogen-bond acceptors (Lipinski definition) is 2. The van der Waals surface area contributed by atoms with Gasteiger partial charge in [-0.2, -0.15) is 0 Å². The van der Waals surface area contributed by atoms with Crippen LogP contribution in [0.3, 0.4) is 0 Å². The molecule has 0 aliphatic heterocycles. The lowest BCUT2D eigenvalue weighted by Crippen LogP contribution is -2.30. The fourth-order valence-corrected chi connectivity index (χ4v) is 2.26. The molecule has 1 atom stereocenters. The Morgan fingerprint density at radius 2 is 1.90 bits per heavy atom. The summed E-state index contributed by atoms with van der Waals surface area (Å²) in [6.45, 7) is 3.17. The Hall–Kier alpha value is -1.84. The third-order valence-electron chi connectivity index (χ3n) is 3.21. The summed E-state index contributed by atoms with van der Waals surface area (Å²) in [4.78, 5) is 11.8. The Kier molecular flexibility index (Phi) is 5.78. The fourth-order valence-electron chi connectivity index (χ4n) is 2.07. The Morgan fingerprint density at radius 1 is 1.14 bits per heavy atom. The smallest absolute Gasteiger partial charge is 0.238 e. The van der Waals surface area contributed by atoms with Crippen LogP contribution in [0, 0.1) is 0 Å². The maximum Gasteiger partial charge on any atom is 0.238 e. The first-order valence-corrected chi connectivity index (χ1v) is 7.34. The maximum absolute atomic E-state index is 11.8. The van der Waals surface area contributed by atoms with Crippen molar-refractivity contribution in [1.82, 2.24) is 5.32 Å². The third-order valence-corrected chi connectivity index (χ3v) is 3.45. The van der Waals surface area contributed by atoms with Gasteiger partial charge in [-0.3, -0.25) is 4.79 Å². The summed E-state index contributed by atoms with van der Waals surface area (Å²) in [7, 11) is 0. The first-order valence-electron chi connectivity index (χ1n) is 6.96. The third kappa shape index (κ3) is 5.21. The Balaban J connectivity index is 1.74.